The van der Waals surface area contributed by atoms with Crippen LogP contribution in [0.4, 0.5) is 8.78 Å². The van der Waals surface area contributed by atoms with Gasteiger partial charge in [0.25, 0.3) is 0 Å². The third kappa shape index (κ3) is 2.49. The molecule has 4 nitrogen and oxygen atoms in total. The highest BCUT2D eigenvalue weighted by atomic mass is 19.1. The Morgan fingerprint density at radius 1 is 1.19 bits per heavy atom. The minimum Gasteiger partial charge on any atom is -0.333 e. The van der Waals surface area contributed by atoms with Gasteiger partial charge < -0.3 is 15.2 Å². The van der Waals surface area contributed by atoms with Crippen molar-refractivity contribution in [2.75, 3.05) is 6.54 Å². The molecule has 3 heterocycles. The summed E-state index contributed by atoms with van der Waals surface area (Å²) in [4.78, 5) is 4.61. The highest BCUT2D eigenvalue weighted by Crippen LogP contribution is 2.51. The van der Waals surface area contributed by atoms with Crippen LogP contribution >= 0.6 is 0 Å². The van der Waals surface area contributed by atoms with Crippen molar-refractivity contribution >= 4 is 0 Å². The maximum Gasteiger partial charge on any atom is 0.135 e. The van der Waals surface area contributed by atoms with Gasteiger partial charge in [-0.25, -0.2) is 13.8 Å². The van der Waals surface area contributed by atoms with Gasteiger partial charge >= 0.3 is 0 Å². The Morgan fingerprint density at radius 3 is 3.00 bits per heavy atom. The molecule has 6 heteroatoms. The van der Waals surface area contributed by atoms with Gasteiger partial charge in [-0.15, -0.1) is 0 Å². The van der Waals surface area contributed by atoms with E-state index in [1.807, 2.05) is 6.20 Å². The number of nitrogens with one attached hydrogen (secondary N) is 2. The number of imidazole rings is 1. The zero-order valence-corrected chi connectivity index (χ0v) is 15.2. The highest BCUT2D eigenvalue weighted by molar-refractivity contribution is 5.59. The zero-order valence-electron chi connectivity index (χ0n) is 15.2. The van der Waals surface area contributed by atoms with Crippen molar-refractivity contribution in [2.45, 2.75) is 50.4 Å². The molecule has 142 valence electrons. The molecule has 1 saturated heterocycles. The number of benzene rings is 1. The number of nitrogens with zero attached hydrogens (tertiary/aromatic N) is 2. The summed E-state index contributed by atoms with van der Waals surface area (Å²) in [5, 5.41) is 7.70. The fourth-order valence-electron chi connectivity index (χ4n) is 6.21. The fourth-order valence-corrected chi connectivity index (χ4v) is 6.21. The monoisotopic (exact) mass is 370 g/mol. The van der Waals surface area contributed by atoms with Gasteiger partial charge in [0, 0.05) is 48.9 Å². The molecule has 2 bridgehead atoms. The van der Waals surface area contributed by atoms with Crippen LogP contribution in [0.1, 0.15) is 25.1 Å². The summed E-state index contributed by atoms with van der Waals surface area (Å²) in [6.45, 7) is 2.07. The molecule has 6 atom stereocenters. The molecule has 27 heavy (non-hydrogen) atoms. The SMILES string of the molecule is Fc1ccc(-c2cn3c(n2)CCC(NC2C4CC5CNC2C5C4)C3)c(F)c1. The minimum absolute atomic E-state index is 0.372. The van der Waals surface area contributed by atoms with Crippen molar-refractivity contribution in [3.63, 3.8) is 0 Å². The summed E-state index contributed by atoms with van der Waals surface area (Å²) >= 11 is 0. The van der Waals surface area contributed by atoms with Crippen LogP contribution in [0.3, 0.4) is 0 Å². The molecule has 0 spiro atoms. The van der Waals surface area contributed by atoms with Gasteiger partial charge in [-0.05, 0) is 55.7 Å². The average molecular weight is 370 g/mol. The smallest absolute Gasteiger partial charge is 0.135 e. The molecular weight excluding hydrogens is 346 g/mol. The van der Waals surface area contributed by atoms with E-state index in [9.17, 15) is 8.78 Å². The Morgan fingerprint density at radius 2 is 2.11 bits per heavy atom. The molecule has 2 N–H and O–H groups in total. The summed E-state index contributed by atoms with van der Waals surface area (Å²) in [6.07, 6.45) is 6.64. The Kier molecular flexibility index (Phi) is 3.51. The predicted octanol–water partition coefficient (Wildman–Crippen LogP) is 2.73. The molecule has 6 rings (SSSR count). The van der Waals surface area contributed by atoms with E-state index in [0.29, 0.717) is 29.4 Å². The number of halogens is 2. The molecule has 0 amide bonds. The van der Waals surface area contributed by atoms with E-state index in [2.05, 4.69) is 20.2 Å². The molecule has 2 aliphatic carbocycles. The van der Waals surface area contributed by atoms with Gasteiger partial charge in [-0.1, -0.05) is 0 Å². The normalized spacial score (nSPS) is 36.4. The molecule has 2 aromatic rings. The summed E-state index contributed by atoms with van der Waals surface area (Å²) in [5.74, 6) is 2.51. The first-order valence-corrected chi connectivity index (χ1v) is 10.2. The van der Waals surface area contributed by atoms with Gasteiger partial charge in [-0.3, -0.25) is 0 Å². The van der Waals surface area contributed by atoms with E-state index < -0.39 is 11.6 Å². The van der Waals surface area contributed by atoms with Crippen molar-refractivity contribution in [3.8, 4) is 11.3 Å². The van der Waals surface area contributed by atoms with Crippen molar-refractivity contribution < 1.29 is 8.78 Å². The zero-order chi connectivity index (χ0) is 18.1. The van der Waals surface area contributed by atoms with E-state index >= 15 is 0 Å². The second-order valence-electron chi connectivity index (χ2n) is 8.84. The van der Waals surface area contributed by atoms with Crippen LogP contribution in [0.15, 0.2) is 24.4 Å². The first-order valence-electron chi connectivity index (χ1n) is 10.2. The van der Waals surface area contributed by atoms with Crippen LogP contribution in [0, 0.1) is 29.4 Å². The lowest BCUT2D eigenvalue weighted by Crippen LogP contribution is -2.53. The standard InChI is InChI=1S/C21H24F2N4/c22-13-1-3-15(17(23)7-13)18-10-27-9-14(2-4-19(27)26-18)25-20-11-5-12-8-24-21(20)16(12)6-11/h1,3,7,10-12,14,16,20-21,24-25H,2,4-6,8-9H2. The number of hydrogen-bond donors (Lipinski definition) is 2. The second-order valence-corrected chi connectivity index (χ2v) is 8.84. The van der Waals surface area contributed by atoms with Crippen LogP contribution in [0.25, 0.3) is 11.3 Å². The van der Waals surface area contributed by atoms with Crippen molar-refractivity contribution in [3.05, 3.63) is 41.9 Å². The summed E-state index contributed by atoms with van der Waals surface area (Å²) in [7, 11) is 0. The van der Waals surface area contributed by atoms with Crippen LogP contribution in [-0.4, -0.2) is 34.2 Å². The quantitative estimate of drug-likeness (QED) is 0.873. The molecule has 3 fully saturated rings. The lowest BCUT2D eigenvalue weighted by molar-refractivity contribution is 0.249. The van der Waals surface area contributed by atoms with Gasteiger partial charge in [-0.2, -0.15) is 0 Å². The van der Waals surface area contributed by atoms with Gasteiger partial charge in [0.2, 0.25) is 0 Å². The van der Waals surface area contributed by atoms with E-state index in [1.54, 1.807) is 0 Å². The fraction of sp³-hybridized carbons (Fsp3) is 0.571. The van der Waals surface area contributed by atoms with E-state index in [0.717, 1.165) is 49.0 Å². The molecule has 4 aliphatic rings. The average Bonchev–Trinajstić information content (AvgIpc) is 3.36. The van der Waals surface area contributed by atoms with Crippen molar-refractivity contribution in [1.29, 1.82) is 0 Å². The second kappa shape index (κ2) is 5.85. The lowest BCUT2D eigenvalue weighted by atomic mass is 9.86. The number of hydrogen-bond acceptors (Lipinski definition) is 3. The van der Waals surface area contributed by atoms with Crippen molar-refractivity contribution in [1.82, 2.24) is 20.2 Å². The molecule has 1 aromatic heterocycles. The topological polar surface area (TPSA) is 41.9 Å². The maximum atomic E-state index is 14.1. The van der Waals surface area contributed by atoms with Gasteiger partial charge in [0.05, 0.1) is 5.69 Å². The van der Waals surface area contributed by atoms with Crippen LogP contribution in [-0.2, 0) is 13.0 Å². The third-order valence-electron chi connectivity index (χ3n) is 7.39. The predicted molar refractivity (Wildman–Crippen MR) is 98.1 cm³/mol. The maximum absolute atomic E-state index is 14.1. The largest absolute Gasteiger partial charge is 0.333 e. The number of fused-ring (bicyclic) bond motifs is 2. The minimum atomic E-state index is -0.557. The first-order chi connectivity index (χ1) is 13.2. The summed E-state index contributed by atoms with van der Waals surface area (Å²) < 4.78 is 29.4. The Balaban J connectivity index is 1.20. The molecule has 0 radical (unpaired) electrons. The van der Waals surface area contributed by atoms with Gasteiger partial charge in [0.15, 0.2) is 0 Å². The number of rotatable bonds is 3. The molecule has 1 aromatic carbocycles. The Bertz CT molecular complexity index is 892. The number of aromatic nitrogens is 2. The highest BCUT2D eigenvalue weighted by Gasteiger charge is 2.56. The first kappa shape index (κ1) is 16.2. The van der Waals surface area contributed by atoms with Gasteiger partial charge in [0.1, 0.15) is 17.5 Å². The summed E-state index contributed by atoms with van der Waals surface area (Å²) in [6, 6.07) is 5.38. The van der Waals surface area contributed by atoms with E-state index in [1.165, 1.54) is 31.5 Å². The molecule has 2 saturated carbocycles. The lowest BCUT2D eigenvalue weighted by Gasteiger charge is -2.34. The molecular formula is C21H24F2N4. The van der Waals surface area contributed by atoms with E-state index in [4.69, 9.17) is 0 Å². The Hall–Kier alpha value is -1.79. The molecule has 6 unspecified atom stereocenters. The number of aryl methyl sites for hydroxylation is 1. The van der Waals surface area contributed by atoms with Crippen LogP contribution < -0.4 is 10.6 Å². The van der Waals surface area contributed by atoms with E-state index in [-0.39, 0.29) is 0 Å². The Labute approximate surface area is 157 Å². The summed E-state index contributed by atoms with van der Waals surface area (Å²) in [5.41, 5.74) is 0.973. The molecule has 2 aliphatic heterocycles. The van der Waals surface area contributed by atoms with Crippen LogP contribution in [0.5, 0.6) is 0 Å². The van der Waals surface area contributed by atoms with Crippen LogP contribution in [0.2, 0.25) is 0 Å². The van der Waals surface area contributed by atoms with Crippen molar-refractivity contribution in [2.24, 2.45) is 17.8 Å². The third-order valence-corrected chi connectivity index (χ3v) is 7.39.